The molecular weight excluding hydrogens is 383 g/mol. The highest BCUT2D eigenvalue weighted by atomic mass is 19.1. The lowest BCUT2D eigenvalue weighted by Gasteiger charge is -2.23. The van der Waals surface area contributed by atoms with Gasteiger partial charge in [0.15, 0.2) is 5.60 Å². The summed E-state index contributed by atoms with van der Waals surface area (Å²) < 4.78 is 13.8. The number of rotatable bonds is 4. The topological polar surface area (TPSA) is 69.6 Å². The van der Waals surface area contributed by atoms with Crippen LogP contribution in [0.15, 0.2) is 66.7 Å². The van der Waals surface area contributed by atoms with Crippen molar-refractivity contribution in [2.45, 2.75) is 19.4 Å². The molecule has 1 aliphatic heterocycles. The Kier molecular flexibility index (Phi) is 4.87. The van der Waals surface area contributed by atoms with Gasteiger partial charge in [-0.25, -0.2) is 4.39 Å². The summed E-state index contributed by atoms with van der Waals surface area (Å²) in [7, 11) is 0. The van der Waals surface area contributed by atoms with Crippen molar-refractivity contribution >= 4 is 23.2 Å². The molecular formula is C24H21FN2O3. The lowest BCUT2D eigenvalue weighted by atomic mass is 9.87. The van der Waals surface area contributed by atoms with Crippen LogP contribution in [0.4, 0.5) is 15.8 Å². The van der Waals surface area contributed by atoms with Crippen LogP contribution in [0.2, 0.25) is 0 Å². The molecule has 0 radical (unpaired) electrons. The van der Waals surface area contributed by atoms with Crippen LogP contribution in [0, 0.1) is 19.7 Å². The highest BCUT2D eigenvalue weighted by Crippen LogP contribution is 2.44. The van der Waals surface area contributed by atoms with E-state index in [9.17, 15) is 19.1 Å². The molecule has 4 rings (SSSR count). The third-order valence-electron chi connectivity index (χ3n) is 5.35. The molecule has 2 amide bonds. The molecule has 0 aromatic heterocycles. The van der Waals surface area contributed by atoms with Crippen LogP contribution < -0.4 is 10.2 Å². The van der Waals surface area contributed by atoms with Gasteiger partial charge < -0.3 is 10.4 Å². The number of nitrogens with zero attached hydrogens (tertiary/aromatic N) is 1. The molecule has 1 unspecified atom stereocenters. The maximum absolute atomic E-state index is 13.8. The SMILES string of the molecule is Cc1ccc(C)c(NC(=O)CN2C(=O)C(O)(c3cccc(F)c3)c3ccccc32)c1. The fraction of sp³-hybridized carbons (Fsp3) is 0.167. The van der Waals surface area contributed by atoms with E-state index in [1.54, 1.807) is 24.3 Å². The normalized spacial score (nSPS) is 17.7. The Bertz CT molecular complexity index is 1160. The number of benzene rings is 3. The first kappa shape index (κ1) is 19.8. The summed E-state index contributed by atoms with van der Waals surface area (Å²) in [5, 5.41) is 14.2. The third kappa shape index (κ3) is 3.25. The van der Waals surface area contributed by atoms with Crippen molar-refractivity contribution in [3.8, 4) is 0 Å². The minimum atomic E-state index is -2.06. The van der Waals surface area contributed by atoms with E-state index >= 15 is 0 Å². The molecule has 0 spiro atoms. The molecule has 1 aliphatic rings. The average Bonchev–Trinajstić information content (AvgIpc) is 2.94. The Morgan fingerprint density at radius 2 is 1.83 bits per heavy atom. The number of aryl methyl sites for hydroxylation is 2. The number of hydrogen-bond donors (Lipinski definition) is 2. The van der Waals surface area contributed by atoms with Crippen LogP contribution in [0.25, 0.3) is 0 Å². The maximum atomic E-state index is 13.8. The van der Waals surface area contributed by atoms with E-state index in [2.05, 4.69) is 5.32 Å². The molecule has 1 atom stereocenters. The van der Waals surface area contributed by atoms with Crippen LogP contribution in [0.3, 0.4) is 0 Å². The van der Waals surface area contributed by atoms with E-state index in [1.807, 2.05) is 32.0 Å². The van der Waals surface area contributed by atoms with Gasteiger partial charge in [0.1, 0.15) is 12.4 Å². The Labute approximate surface area is 173 Å². The summed E-state index contributed by atoms with van der Waals surface area (Å²) in [6.07, 6.45) is 0. The largest absolute Gasteiger partial charge is 0.372 e. The van der Waals surface area contributed by atoms with Crippen molar-refractivity contribution in [2.24, 2.45) is 0 Å². The molecule has 3 aromatic carbocycles. The van der Waals surface area contributed by atoms with E-state index in [1.165, 1.54) is 23.1 Å². The molecule has 0 aliphatic carbocycles. The van der Waals surface area contributed by atoms with Crippen molar-refractivity contribution in [1.29, 1.82) is 0 Å². The van der Waals surface area contributed by atoms with Gasteiger partial charge in [-0.15, -0.1) is 0 Å². The lowest BCUT2D eigenvalue weighted by Crippen LogP contribution is -2.44. The van der Waals surface area contributed by atoms with Gasteiger partial charge in [0.25, 0.3) is 5.91 Å². The second-order valence-corrected chi connectivity index (χ2v) is 7.50. The van der Waals surface area contributed by atoms with Crippen LogP contribution in [0.1, 0.15) is 22.3 Å². The van der Waals surface area contributed by atoms with Crippen molar-refractivity contribution < 1.29 is 19.1 Å². The van der Waals surface area contributed by atoms with Crippen LogP contribution in [-0.2, 0) is 15.2 Å². The van der Waals surface area contributed by atoms with Crippen molar-refractivity contribution in [1.82, 2.24) is 0 Å². The maximum Gasteiger partial charge on any atom is 0.268 e. The number of aliphatic hydroxyl groups is 1. The molecule has 152 valence electrons. The molecule has 6 heteroatoms. The molecule has 2 N–H and O–H groups in total. The van der Waals surface area contributed by atoms with Gasteiger partial charge in [0.2, 0.25) is 5.91 Å². The summed E-state index contributed by atoms with van der Waals surface area (Å²) in [6.45, 7) is 3.53. The summed E-state index contributed by atoms with van der Waals surface area (Å²) >= 11 is 0. The standard InChI is InChI=1S/C24H21FN2O3/c1-15-10-11-16(2)20(12-15)26-22(28)14-27-21-9-4-3-8-19(21)24(30,23(27)29)17-6-5-7-18(25)13-17/h3-13,30H,14H2,1-2H3,(H,26,28). The van der Waals surface area contributed by atoms with Crippen LogP contribution in [-0.4, -0.2) is 23.5 Å². The average molecular weight is 404 g/mol. The van der Waals surface area contributed by atoms with Crippen molar-refractivity contribution in [2.75, 3.05) is 16.8 Å². The minimum Gasteiger partial charge on any atom is -0.372 e. The van der Waals surface area contributed by atoms with Gasteiger partial charge in [-0.2, -0.15) is 0 Å². The predicted molar refractivity (Wildman–Crippen MR) is 113 cm³/mol. The minimum absolute atomic E-state index is 0.123. The van der Waals surface area contributed by atoms with E-state index in [-0.39, 0.29) is 12.1 Å². The molecule has 0 saturated carbocycles. The number of fused-ring (bicyclic) bond motifs is 1. The highest BCUT2D eigenvalue weighted by Gasteiger charge is 2.51. The van der Waals surface area contributed by atoms with Crippen LogP contribution in [0.5, 0.6) is 0 Å². The van der Waals surface area contributed by atoms with E-state index < -0.39 is 23.2 Å². The molecule has 0 bridgehead atoms. The highest BCUT2D eigenvalue weighted by molar-refractivity contribution is 6.12. The van der Waals surface area contributed by atoms with Gasteiger partial charge in [-0.1, -0.05) is 42.5 Å². The molecule has 0 fully saturated rings. The summed E-state index contributed by atoms with van der Waals surface area (Å²) in [5.41, 5.74) is 1.37. The first-order valence-corrected chi connectivity index (χ1v) is 9.57. The number of amides is 2. The van der Waals surface area contributed by atoms with E-state index in [4.69, 9.17) is 0 Å². The summed E-state index contributed by atoms with van der Waals surface area (Å²) in [6, 6.07) is 17.7. The van der Waals surface area contributed by atoms with Gasteiger partial charge in [-0.3, -0.25) is 14.5 Å². The predicted octanol–water partition coefficient (Wildman–Crippen LogP) is 3.66. The molecule has 0 saturated heterocycles. The van der Waals surface area contributed by atoms with Crippen LogP contribution >= 0.6 is 0 Å². The number of halogens is 1. The lowest BCUT2D eigenvalue weighted by molar-refractivity contribution is -0.133. The smallest absolute Gasteiger partial charge is 0.268 e. The zero-order valence-corrected chi connectivity index (χ0v) is 16.6. The number of carbonyl (C=O) groups is 2. The first-order chi connectivity index (χ1) is 14.3. The summed E-state index contributed by atoms with van der Waals surface area (Å²) in [5.74, 6) is -1.64. The van der Waals surface area contributed by atoms with E-state index in [0.717, 1.165) is 17.2 Å². The van der Waals surface area contributed by atoms with Crippen molar-refractivity contribution in [3.05, 3.63) is 94.8 Å². The zero-order chi connectivity index (χ0) is 21.5. The summed E-state index contributed by atoms with van der Waals surface area (Å²) in [4.78, 5) is 27.3. The monoisotopic (exact) mass is 404 g/mol. The van der Waals surface area contributed by atoms with Gasteiger partial charge >= 0.3 is 0 Å². The second-order valence-electron chi connectivity index (χ2n) is 7.50. The zero-order valence-electron chi connectivity index (χ0n) is 16.6. The fourth-order valence-electron chi connectivity index (χ4n) is 3.79. The Morgan fingerprint density at radius 1 is 1.07 bits per heavy atom. The van der Waals surface area contributed by atoms with E-state index in [0.29, 0.717) is 16.9 Å². The number of hydrogen-bond acceptors (Lipinski definition) is 3. The third-order valence-corrected chi connectivity index (χ3v) is 5.35. The molecule has 3 aromatic rings. The fourth-order valence-corrected chi connectivity index (χ4v) is 3.79. The number of anilines is 2. The quantitative estimate of drug-likeness (QED) is 0.697. The van der Waals surface area contributed by atoms with Crippen molar-refractivity contribution in [3.63, 3.8) is 0 Å². The molecule has 5 nitrogen and oxygen atoms in total. The molecule has 30 heavy (non-hydrogen) atoms. The Hall–Kier alpha value is -3.51. The number of nitrogens with one attached hydrogen (secondary N) is 1. The number of carbonyl (C=O) groups excluding carboxylic acids is 2. The second kappa shape index (κ2) is 7.39. The number of para-hydroxylation sites is 1. The first-order valence-electron chi connectivity index (χ1n) is 9.57. The van der Waals surface area contributed by atoms with Gasteiger partial charge in [-0.05, 0) is 49.2 Å². The van der Waals surface area contributed by atoms with Gasteiger partial charge in [0, 0.05) is 16.8 Å². The Balaban J connectivity index is 1.67. The Morgan fingerprint density at radius 3 is 2.60 bits per heavy atom. The van der Waals surface area contributed by atoms with Gasteiger partial charge in [0.05, 0.1) is 5.69 Å². The molecule has 1 heterocycles.